The summed E-state index contributed by atoms with van der Waals surface area (Å²) in [4.78, 5) is 37.5. The molecule has 2 aromatic carbocycles. The average Bonchev–Trinajstić information content (AvgIpc) is 3.13. The Morgan fingerprint density at radius 3 is 2.44 bits per heavy atom. The predicted octanol–water partition coefficient (Wildman–Crippen LogP) is 0.434. The van der Waals surface area contributed by atoms with E-state index in [9.17, 15) is 14.4 Å². The maximum atomic E-state index is 13.4. The second-order valence-electron chi connectivity index (χ2n) is 7.89. The Kier molecular flexibility index (Phi) is 8.70. The molecule has 0 saturated carbocycles. The number of rotatable bonds is 7. The van der Waals surface area contributed by atoms with E-state index in [1.807, 2.05) is 0 Å². The molecule has 2 N–H and O–H groups in total. The lowest BCUT2D eigenvalue weighted by Crippen LogP contribution is -3.00. The summed E-state index contributed by atoms with van der Waals surface area (Å²) in [7, 11) is 1.55. The summed E-state index contributed by atoms with van der Waals surface area (Å²) in [5.41, 5.74) is 7.99. The van der Waals surface area contributed by atoms with E-state index >= 15 is 0 Å². The number of amides is 1. The molecule has 0 spiro atoms. The number of pyridine rings is 1. The van der Waals surface area contributed by atoms with Gasteiger partial charge in [-0.2, -0.15) is 4.57 Å². The maximum Gasteiger partial charge on any atom is 0.315 e. The molecule has 186 valence electrons. The number of hydrogen-bond donors (Lipinski definition) is 1. The molecule has 0 bridgehead atoms. The van der Waals surface area contributed by atoms with Gasteiger partial charge in [-0.15, -0.1) is 0 Å². The monoisotopic (exact) mass is 619 g/mol. The fourth-order valence-electron chi connectivity index (χ4n) is 3.89. The molecule has 0 aliphatic heterocycles. The molecule has 0 atom stereocenters. The van der Waals surface area contributed by atoms with Gasteiger partial charge in [-0.3, -0.25) is 19.0 Å². The lowest BCUT2D eigenvalue weighted by Gasteiger charge is -2.08. The Morgan fingerprint density at radius 1 is 1.06 bits per heavy atom. The lowest BCUT2D eigenvalue weighted by atomic mass is 10.1. The highest BCUT2D eigenvalue weighted by atomic mass is 127. The van der Waals surface area contributed by atoms with E-state index in [2.05, 4.69) is 0 Å². The van der Waals surface area contributed by atoms with Gasteiger partial charge in [-0.1, -0.05) is 11.6 Å². The highest BCUT2D eigenvalue weighted by Crippen LogP contribution is 2.31. The van der Waals surface area contributed by atoms with Gasteiger partial charge >= 0.3 is 5.97 Å². The van der Waals surface area contributed by atoms with Gasteiger partial charge in [0.15, 0.2) is 12.4 Å². The van der Waals surface area contributed by atoms with Crippen molar-refractivity contribution in [3.8, 4) is 5.75 Å². The number of aromatic nitrogens is 2. The van der Waals surface area contributed by atoms with Crippen molar-refractivity contribution in [2.24, 2.45) is 5.73 Å². The third-order valence-corrected chi connectivity index (χ3v) is 5.93. The van der Waals surface area contributed by atoms with E-state index in [4.69, 9.17) is 26.8 Å². The number of methoxy groups -OCH3 is 1. The van der Waals surface area contributed by atoms with E-state index in [0.717, 1.165) is 0 Å². The van der Waals surface area contributed by atoms with E-state index in [-0.39, 0.29) is 43.0 Å². The zero-order valence-corrected chi connectivity index (χ0v) is 22.4. The Morgan fingerprint density at radius 2 is 1.78 bits per heavy atom. The average molecular weight is 620 g/mol. The smallest absolute Gasteiger partial charge is 0.315 e. The fraction of sp³-hybridized carbons (Fsp3) is 0.154. The standard InChI is InChI=1S/C26H22ClN3O5.HI/c1-16-21(13-24(31)35-15-29-11-3-4-18(14-29)25(28)32)22-12-20(34-2)9-10-23(22)30(16)26(33)17-5-7-19(27)8-6-17;/h3-12,14H,13,15H2,1-2H3,(H-,28,32);1H. The summed E-state index contributed by atoms with van der Waals surface area (Å²) in [6.07, 6.45) is 3.10. The van der Waals surface area contributed by atoms with E-state index < -0.39 is 11.9 Å². The van der Waals surface area contributed by atoms with Gasteiger partial charge in [0.1, 0.15) is 11.3 Å². The van der Waals surface area contributed by atoms with Crippen molar-refractivity contribution < 1.29 is 52.4 Å². The third-order valence-electron chi connectivity index (χ3n) is 5.67. The van der Waals surface area contributed by atoms with Crippen LogP contribution in [0, 0.1) is 6.92 Å². The number of benzene rings is 2. The van der Waals surface area contributed by atoms with Crippen LogP contribution in [0.2, 0.25) is 5.02 Å². The number of esters is 1. The maximum absolute atomic E-state index is 13.4. The summed E-state index contributed by atoms with van der Waals surface area (Å²) < 4.78 is 13.9. The molecule has 1 amide bonds. The molecular weight excluding hydrogens is 597 g/mol. The fourth-order valence-corrected chi connectivity index (χ4v) is 4.01. The predicted molar refractivity (Wildman–Crippen MR) is 129 cm³/mol. The molecule has 0 radical (unpaired) electrons. The van der Waals surface area contributed by atoms with Crippen LogP contribution in [-0.2, 0) is 22.7 Å². The summed E-state index contributed by atoms with van der Waals surface area (Å²) in [6.45, 7) is 1.69. The van der Waals surface area contributed by atoms with Crippen LogP contribution in [0.3, 0.4) is 0 Å². The first kappa shape index (κ1) is 27.2. The molecule has 8 nitrogen and oxygen atoms in total. The second kappa shape index (κ2) is 11.5. The van der Waals surface area contributed by atoms with Crippen molar-refractivity contribution in [3.05, 3.63) is 94.4 Å². The van der Waals surface area contributed by atoms with Gasteiger partial charge in [0.05, 0.1) is 19.0 Å². The van der Waals surface area contributed by atoms with Crippen molar-refractivity contribution in [3.63, 3.8) is 0 Å². The number of carbonyl (C=O) groups excluding carboxylic acids is 3. The molecule has 2 heterocycles. The number of halogens is 2. The first-order valence-electron chi connectivity index (χ1n) is 10.7. The van der Waals surface area contributed by atoms with E-state index in [0.29, 0.717) is 44.1 Å². The van der Waals surface area contributed by atoms with Crippen LogP contribution in [0.15, 0.2) is 67.0 Å². The van der Waals surface area contributed by atoms with Gasteiger partial charge in [-0.05, 0) is 61.0 Å². The zero-order valence-electron chi connectivity index (χ0n) is 19.5. The quantitative estimate of drug-likeness (QED) is 0.184. The second-order valence-corrected chi connectivity index (χ2v) is 8.32. The number of fused-ring (bicyclic) bond motifs is 1. The van der Waals surface area contributed by atoms with E-state index in [1.165, 1.54) is 6.20 Å². The van der Waals surface area contributed by atoms with Crippen molar-refractivity contribution in [2.75, 3.05) is 7.11 Å². The topological polar surface area (TPSA) is 104 Å². The lowest BCUT2D eigenvalue weighted by molar-refractivity contribution is -0.727. The van der Waals surface area contributed by atoms with Crippen molar-refractivity contribution >= 4 is 40.3 Å². The normalized spacial score (nSPS) is 10.5. The first-order valence-corrected chi connectivity index (χ1v) is 11.1. The van der Waals surface area contributed by atoms with Crippen LogP contribution in [-0.4, -0.2) is 29.5 Å². The minimum Gasteiger partial charge on any atom is -1.00 e. The first-order chi connectivity index (χ1) is 16.8. The SMILES string of the molecule is COc1ccc2c(c1)c(CC(=O)OC[n+]1cccc(C(N)=O)c1)c(C)n2C(=O)c1ccc(Cl)cc1.[I-]. The van der Waals surface area contributed by atoms with Crippen molar-refractivity contribution in [1.82, 2.24) is 4.57 Å². The van der Waals surface area contributed by atoms with Gasteiger partial charge in [0.25, 0.3) is 18.5 Å². The summed E-state index contributed by atoms with van der Waals surface area (Å²) in [5, 5.41) is 1.24. The Hall–Kier alpha value is -3.44. The molecule has 0 unspecified atom stereocenters. The number of carbonyl (C=O) groups is 3. The number of nitrogens with zero attached hydrogens (tertiary/aromatic N) is 2. The highest BCUT2D eigenvalue weighted by molar-refractivity contribution is 6.30. The van der Waals surface area contributed by atoms with Crippen LogP contribution >= 0.6 is 11.6 Å². The van der Waals surface area contributed by atoms with Crippen LogP contribution < -0.4 is 39.0 Å². The number of primary amides is 1. The van der Waals surface area contributed by atoms with E-state index in [1.54, 1.807) is 84.0 Å². The molecule has 0 aliphatic rings. The summed E-state index contributed by atoms with van der Waals surface area (Å²) in [5.74, 6) is -0.714. The van der Waals surface area contributed by atoms with Crippen molar-refractivity contribution in [2.45, 2.75) is 20.1 Å². The number of hydrogen-bond acceptors (Lipinski definition) is 5. The van der Waals surface area contributed by atoms with Crippen LogP contribution in [0.5, 0.6) is 5.75 Å². The molecule has 36 heavy (non-hydrogen) atoms. The molecular formula is C26H23ClIN3O5. The molecule has 0 fully saturated rings. The van der Waals surface area contributed by atoms with Gasteiger partial charge in [-0.25, -0.2) is 0 Å². The third kappa shape index (κ3) is 5.68. The molecule has 0 aliphatic carbocycles. The minimum atomic E-state index is -0.576. The Balaban J connectivity index is 0.00000361. The molecule has 2 aromatic heterocycles. The van der Waals surface area contributed by atoms with Gasteiger partial charge < -0.3 is 39.2 Å². The molecule has 4 rings (SSSR count). The number of ether oxygens (including phenoxy) is 2. The van der Waals surface area contributed by atoms with Crippen LogP contribution in [0.4, 0.5) is 0 Å². The molecule has 10 heteroatoms. The largest absolute Gasteiger partial charge is 1.00 e. The Labute approximate surface area is 229 Å². The zero-order chi connectivity index (χ0) is 25.1. The van der Waals surface area contributed by atoms with Gasteiger partial charge in [0.2, 0.25) is 0 Å². The van der Waals surface area contributed by atoms with Crippen molar-refractivity contribution in [1.29, 1.82) is 0 Å². The molecule has 0 saturated heterocycles. The number of nitrogens with two attached hydrogens (primary N) is 1. The Bertz CT molecular complexity index is 1450. The summed E-state index contributed by atoms with van der Waals surface area (Å²) >= 11 is 5.97. The minimum absolute atomic E-state index is 0. The van der Waals surface area contributed by atoms with Gasteiger partial charge in [0, 0.05) is 27.7 Å². The molecule has 4 aromatic rings. The summed E-state index contributed by atoms with van der Waals surface area (Å²) in [6, 6.07) is 15.2. The highest BCUT2D eigenvalue weighted by Gasteiger charge is 2.23. The van der Waals surface area contributed by atoms with Crippen LogP contribution in [0.25, 0.3) is 10.9 Å². The van der Waals surface area contributed by atoms with Crippen LogP contribution in [0.1, 0.15) is 32.0 Å².